The van der Waals surface area contributed by atoms with E-state index in [1.54, 1.807) is 52.3 Å². The summed E-state index contributed by atoms with van der Waals surface area (Å²) in [6.07, 6.45) is 6.76. The number of nitrogens with one attached hydrogen (secondary N) is 2. The van der Waals surface area contributed by atoms with E-state index in [0.717, 1.165) is 19.3 Å². The highest BCUT2D eigenvalue weighted by molar-refractivity contribution is 6.00. The van der Waals surface area contributed by atoms with Gasteiger partial charge >= 0.3 is 6.09 Å². The number of methoxy groups -OCH3 is 1. The van der Waals surface area contributed by atoms with Gasteiger partial charge in [0.05, 0.1) is 24.4 Å². The second-order valence-corrected chi connectivity index (χ2v) is 12.0. The SMILES string of the molecule is CO[C@@H]1CCCC(NC(=O)c2cnn3c(N(C)C(=O)OC(C)(C)C)cc(Nc4cccn([C@H]5CC[C@@H]5O)c4=O)nc23)C1. The van der Waals surface area contributed by atoms with Gasteiger partial charge in [0.15, 0.2) is 5.65 Å². The Kier molecular flexibility index (Phi) is 8.24. The minimum atomic E-state index is -0.741. The summed E-state index contributed by atoms with van der Waals surface area (Å²) >= 11 is 0. The lowest BCUT2D eigenvalue weighted by atomic mass is 9.89. The lowest BCUT2D eigenvalue weighted by Crippen LogP contribution is -2.40. The monoisotopic (exact) mass is 581 g/mol. The minimum Gasteiger partial charge on any atom is -0.443 e. The maximum atomic E-state index is 13.5. The highest BCUT2D eigenvalue weighted by Crippen LogP contribution is 2.31. The van der Waals surface area contributed by atoms with Crippen LogP contribution in [0.4, 0.5) is 22.1 Å². The zero-order valence-electron chi connectivity index (χ0n) is 24.7. The molecule has 42 heavy (non-hydrogen) atoms. The van der Waals surface area contributed by atoms with Crippen LogP contribution in [0, 0.1) is 0 Å². The van der Waals surface area contributed by atoms with Gasteiger partial charge in [-0.15, -0.1) is 0 Å². The van der Waals surface area contributed by atoms with E-state index in [2.05, 4.69) is 20.7 Å². The molecule has 2 aliphatic rings. The highest BCUT2D eigenvalue weighted by Gasteiger charge is 2.32. The largest absolute Gasteiger partial charge is 0.443 e. The number of aliphatic hydroxyl groups excluding tert-OH is 1. The van der Waals surface area contributed by atoms with Gasteiger partial charge in [0.2, 0.25) is 0 Å². The molecular weight excluding hydrogens is 542 g/mol. The van der Waals surface area contributed by atoms with Crippen molar-refractivity contribution in [1.82, 2.24) is 24.5 Å². The van der Waals surface area contributed by atoms with Crippen molar-refractivity contribution in [2.24, 2.45) is 0 Å². The Hall–Kier alpha value is -3.97. The lowest BCUT2D eigenvalue weighted by molar-refractivity contribution is 0.0300. The Morgan fingerprint density at radius 3 is 2.64 bits per heavy atom. The van der Waals surface area contributed by atoms with Crippen molar-refractivity contribution in [3.05, 3.63) is 46.5 Å². The number of aromatic nitrogens is 4. The van der Waals surface area contributed by atoms with Crippen molar-refractivity contribution < 1.29 is 24.2 Å². The average molecular weight is 582 g/mol. The molecule has 2 aliphatic carbocycles. The molecule has 0 spiro atoms. The lowest BCUT2D eigenvalue weighted by Gasteiger charge is -2.34. The van der Waals surface area contributed by atoms with Gasteiger partial charge in [-0.25, -0.2) is 9.78 Å². The fraction of sp³-hybridized carbons (Fsp3) is 0.552. The van der Waals surface area contributed by atoms with E-state index in [1.165, 1.54) is 27.2 Å². The molecule has 226 valence electrons. The Balaban J connectivity index is 1.52. The number of hydrogen-bond donors (Lipinski definition) is 3. The first-order chi connectivity index (χ1) is 19.9. The van der Waals surface area contributed by atoms with Crippen LogP contribution in [0.1, 0.15) is 75.7 Å². The van der Waals surface area contributed by atoms with Crippen molar-refractivity contribution in [2.45, 2.75) is 89.2 Å². The number of hydrogen-bond acceptors (Lipinski definition) is 9. The van der Waals surface area contributed by atoms with Gasteiger partial charge in [-0.2, -0.15) is 9.61 Å². The zero-order chi connectivity index (χ0) is 30.2. The third-order valence-electron chi connectivity index (χ3n) is 7.80. The number of rotatable bonds is 7. The maximum absolute atomic E-state index is 13.5. The number of nitrogens with zero attached hydrogens (tertiary/aromatic N) is 5. The van der Waals surface area contributed by atoms with Crippen molar-refractivity contribution in [3.63, 3.8) is 0 Å². The fourth-order valence-electron chi connectivity index (χ4n) is 5.38. The number of anilines is 3. The van der Waals surface area contributed by atoms with E-state index in [-0.39, 0.29) is 58.2 Å². The Morgan fingerprint density at radius 2 is 1.98 bits per heavy atom. The number of carbonyl (C=O) groups excluding carboxylic acids is 2. The van der Waals surface area contributed by atoms with E-state index in [1.807, 2.05) is 0 Å². The van der Waals surface area contributed by atoms with Gasteiger partial charge in [0.25, 0.3) is 11.5 Å². The molecular formula is C29H39N7O6. The van der Waals surface area contributed by atoms with Crippen LogP contribution in [-0.4, -0.2) is 74.3 Å². The molecule has 4 atom stereocenters. The summed E-state index contributed by atoms with van der Waals surface area (Å²) in [4.78, 5) is 45.7. The van der Waals surface area contributed by atoms with Gasteiger partial charge in [0, 0.05) is 32.5 Å². The first-order valence-corrected chi connectivity index (χ1v) is 14.3. The summed E-state index contributed by atoms with van der Waals surface area (Å²) in [5.74, 6) is 0.158. The van der Waals surface area contributed by atoms with Gasteiger partial charge in [-0.3, -0.25) is 14.5 Å². The molecule has 5 rings (SSSR count). The molecule has 3 aromatic heterocycles. The molecule has 13 heteroatoms. The summed E-state index contributed by atoms with van der Waals surface area (Å²) in [5, 5.41) is 20.7. The zero-order valence-corrected chi connectivity index (χ0v) is 24.7. The smallest absolute Gasteiger partial charge is 0.415 e. The summed E-state index contributed by atoms with van der Waals surface area (Å²) in [6.45, 7) is 5.30. The molecule has 2 amide bonds. The van der Waals surface area contributed by atoms with Crippen LogP contribution in [0.3, 0.4) is 0 Å². The van der Waals surface area contributed by atoms with Gasteiger partial charge < -0.3 is 29.8 Å². The predicted molar refractivity (Wildman–Crippen MR) is 156 cm³/mol. The van der Waals surface area contributed by atoms with E-state index in [4.69, 9.17) is 9.47 Å². The summed E-state index contributed by atoms with van der Waals surface area (Å²) in [7, 11) is 3.21. The molecule has 0 aliphatic heterocycles. The van der Waals surface area contributed by atoms with Crippen molar-refractivity contribution >= 4 is 35.0 Å². The molecule has 0 radical (unpaired) electrons. The van der Waals surface area contributed by atoms with Crippen LogP contribution in [-0.2, 0) is 9.47 Å². The number of pyridine rings is 1. The predicted octanol–water partition coefficient (Wildman–Crippen LogP) is 3.39. The third-order valence-corrected chi connectivity index (χ3v) is 7.80. The molecule has 1 unspecified atom stereocenters. The summed E-state index contributed by atoms with van der Waals surface area (Å²) in [5.41, 5.74) is -0.401. The number of amides is 2. The van der Waals surface area contributed by atoms with Gasteiger partial charge in [-0.1, -0.05) is 0 Å². The second kappa shape index (κ2) is 11.7. The molecule has 0 saturated heterocycles. The molecule has 13 nitrogen and oxygen atoms in total. The van der Waals surface area contributed by atoms with E-state index in [9.17, 15) is 19.5 Å². The minimum absolute atomic E-state index is 0.0546. The molecule has 3 heterocycles. The average Bonchev–Trinajstić information content (AvgIpc) is 3.37. The van der Waals surface area contributed by atoms with Crippen LogP contribution in [0.15, 0.2) is 35.4 Å². The molecule has 3 N–H and O–H groups in total. The Morgan fingerprint density at radius 1 is 1.19 bits per heavy atom. The first-order valence-electron chi connectivity index (χ1n) is 14.3. The van der Waals surface area contributed by atoms with Crippen LogP contribution in [0.25, 0.3) is 5.65 Å². The van der Waals surface area contributed by atoms with Crippen molar-refractivity contribution in [1.29, 1.82) is 0 Å². The van der Waals surface area contributed by atoms with Crippen molar-refractivity contribution in [2.75, 3.05) is 24.4 Å². The molecule has 0 aromatic carbocycles. The first kappa shape index (κ1) is 29.5. The third kappa shape index (κ3) is 6.12. The number of ether oxygens (including phenoxy) is 2. The number of aliphatic hydroxyl groups is 1. The van der Waals surface area contributed by atoms with Crippen LogP contribution < -0.4 is 21.1 Å². The number of carbonyl (C=O) groups is 2. The quantitative estimate of drug-likeness (QED) is 0.381. The normalized spacial score (nSPS) is 22.3. The van der Waals surface area contributed by atoms with Gasteiger partial charge in [-0.05, 0) is 71.4 Å². The Bertz CT molecular complexity index is 1530. The molecule has 3 aromatic rings. The Labute approximate surface area is 243 Å². The van der Waals surface area contributed by atoms with Gasteiger partial charge in [0.1, 0.15) is 28.5 Å². The standard InChI is InChI=1S/C29H39N7O6/c1-29(2,3)42-28(40)34(4)24-15-23(32-20-10-7-13-35(27(20)39)21-11-12-22(21)37)33-25-19(16-30-36(24)25)26(38)31-17-8-6-9-18(14-17)41-5/h7,10,13,15-18,21-22,37H,6,8-9,11-12,14H2,1-5H3,(H,31,38)(H,32,33)/t17?,18-,21+,22+/m1/s1. The number of fused-ring (bicyclic) bond motifs is 1. The fourth-order valence-corrected chi connectivity index (χ4v) is 5.38. The maximum Gasteiger partial charge on any atom is 0.415 e. The van der Waals surface area contributed by atoms with E-state index in [0.29, 0.717) is 19.3 Å². The van der Waals surface area contributed by atoms with Crippen LogP contribution in [0.2, 0.25) is 0 Å². The second-order valence-electron chi connectivity index (χ2n) is 12.0. The summed E-state index contributed by atoms with van der Waals surface area (Å²) in [6, 6.07) is 4.56. The summed E-state index contributed by atoms with van der Waals surface area (Å²) < 4.78 is 14.0. The molecule has 2 fully saturated rings. The van der Waals surface area contributed by atoms with Crippen LogP contribution >= 0.6 is 0 Å². The topological polar surface area (TPSA) is 152 Å². The molecule has 2 saturated carbocycles. The van der Waals surface area contributed by atoms with E-state index < -0.39 is 17.8 Å². The van der Waals surface area contributed by atoms with Crippen LogP contribution in [0.5, 0.6) is 0 Å². The molecule has 0 bridgehead atoms. The van der Waals surface area contributed by atoms with E-state index >= 15 is 0 Å². The highest BCUT2D eigenvalue weighted by atomic mass is 16.6. The van der Waals surface area contributed by atoms with Crippen molar-refractivity contribution in [3.8, 4) is 0 Å².